The molecule has 1 aliphatic carbocycles. The van der Waals surface area contributed by atoms with Gasteiger partial charge in [-0.2, -0.15) is 0 Å². The molecule has 2 saturated heterocycles. The predicted molar refractivity (Wildman–Crippen MR) is 149 cm³/mol. The maximum absolute atomic E-state index is 13.2. The summed E-state index contributed by atoms with van der Waals surface area (Å²) in [6.45, 7) is 15.0. The smallest absolute Gasteiger partial charge is 0.251 e. The topological polar surface area (TPSA) is 82.3 Å². The van der Waals surface area contributed by atoms with Crippen LogP contribution in [0.2, 0.25) is 0 Å². The highest BCUT2D eigenvalue weighted by Crippen LogP contribution is 2.25. The van der Waals surface area contributed by atoms with Gasteiger partial charge in [0.1, 0.15) is 0 Å². The van der Waals surface area contributed by atoms with Crippen molar-refractivity contribution >= 4 is 11.8 Å². The number of carbonyl (C=O) groups is 2. The minimum absolute atomic E-state index is 0.000232. The number of carbonyl (C=O) groups excluding carboxylic acids is 2. The van der Waals surface area contributed by atoms with Crippen LogP contribution in [0.25, 0.3) is 0 Å². The standard InChI is InChI=1S/C30H46N4O2/c1-8-9-23-16-22(11-13-27(35)31-25-14-20(2)33-29(4,5)18-25)10-12-24(17-23)28(36)32-26-15-21(3)34-30(6,7)19-26/h8-13,17,20-21,25-26,33-34H,14-16,18-19H2,1-7H3,(H,31,35)(H,32,36)/b9-8-,13-11+. The molecule has 0 aromatic heterocycles. The van der Waals surface area contributed by atoms with Gasteiger partial charge in [0.2, 0.25) is 5.91 Å². The van der Waals surface area contributed by atoms with Crippen LogP contribution in [0.1, 0.15) is 80.6 Å². The second kappa shape index (κ2) is 11.7. The van der Waals surface area contributed by atoms with E-state index >= 15 is 0 Å². The monoisotopic (exact) mass is 494 g/mol. The summed E-state index contributed by atoms with van der Waals surface area (Å²) >= 11 is 0. The van der Waals surface area contributed by atoms with Crippen molar-refractivity contribution in [1.29, 1.82) is 0 Å². The van der Waals surface area contributed by atoms with E-state index < -0.39 is 0 Å². The number of nitrogens with one attached hydrogen (secondary N) is 4. The molecule has 6 heteroatoms. The van der Waals surface area contributed by atoms with Crippen LogP contribution in [0.15, 0.2) is 59.3 Å². The summed E-state index contributed by atoms with van der Waals surface area (Å²) in [5.74, 6) is -0.120. The van der Waals surface area contributed by atoms with E-state index in [1.54, 1.807) is 6.08 Å². The molecule has 2 heterocycles. The molecule has 0 radical (unpaired) electrons. The maximum Gasteiger partial charge on any atom is 0.251 e. The van der Waals surface area contributed by atoms with Crippen LogP contribution in [0.5, 0.6) is 0 Å². The molecular weight excluding hydrogens is 448 g/mol. The Morgan fingerprint density at radius 1 is 0.889 bits per heavy atom. The molecule has 0 aromatic rings. The average molecular weight is 495 g/mol. The summed E-state index contributed by atoms with van der Waals surface area (Å²) in [6, 6.07) is 1.03. The van der Waals surface area contributed by atoms with Crippen LogP contribution in [0, 0.1) is 0 Å². The van der Waals surface area contributed by atoms with Crippen LogP contribution in [-0.2, 0) is 9.59 Å². The third-order valence-electron chi connectivity index (χ3n) is 7.06. The van der Waals surface area contributed by atoms with Gasteiger partial charge in [0.25, 0.3) is 5.91 Å². The molecule has 4 atom stereocenters. The van der Waals surface area contributed by atoms with Gasteiger partial charge < -0.3 is 21.3 Å². The van der Waals surface area contributed by atoms with Crippen LogP contribution in [0.3, 0.4) is 0 Å². The molecule has 0 spiro atoms. The second-order valence-corrected chi connectivity index (χ2v) is 12.2. The molecule has 0 aromatic carbocycles. The third kappa shape index (κ3) is 8.59. The second-order valence-electron chi connectivity index (χ2n) is 12.2. The predicted octanol–water partition coefficient (Wildman–Crippen LogP) is 4.37. The minimum Gasteiger partial charge on any atom is -0.350 e. The van der Waals surface area contributed by atoms with Gasteiger partial charge in [0.15, 0.2) is 0 Å². The molecule has 0 saturated carbocycles. The lowest BCUT2D eigenvalue weighted by molar-refractivity contribution is -0.118. The van der Waals surface area contributed by atoms with Gasteiger partial charge in [-0.3, -0.25) is 9.59 Å². The highest BCUT2D eigenvalue weighted by molar-refractivity contribution is 5.97. The SMILES string of the molecule is C/C=C\C1=CC(C(=O)NC2CC(C)NC(C)(C)C2)=CC=C(/C=C/C(=O)NC2CC(C)NC(C)(C)C2)C1. The Morgan fingerprint density at radius 2 is 1.47 bits per heavy atom. The largest absolute Gasteiger partial charge is 0.350 e. The van der Waals surface area contributed by atoms with Gasteiger partial charge in [0.05, 0.1) is 0 Å². The van der Waals surface area contributed by atoms with Gasteiger partial charge in [-0.15, -0.1) is 0 Å². The highest BCUT2D eigenvalue weighted by Gasteiger charge is 2.33. The lowest BCUT2D eigenvalue weighted by Gasteiger charge is -2.40. The zero-order valence-electron chi connectivity index (χ0n) is 23.2. The van der Waals surface area contributed by atoms with Crippen LogP contribution >= 0.6 is 0 Å². The van der Waals surface area contributed by atoms with Crippen molar-refractivity contribution in [3.63, 3.8) is 0 Å². The van der Waals surface area contributed by atoms with Crippen molar-refractivity contribution < 1.29 is 9.59 Å². The molecular formula is C30H46N4O2. The lowest BCUT2D eigenvalue weighted by Crippen LogP contribution is -2.56. The summed E-state index contributed by atoms with van der Waals surface area (Å²) < 4.78 is 0. The molecule has 36 heavy (non-hydrogen) atoms. The molecule has 198 valence electrons. The molecule has 2 amide bonds. The number of hydrogen-bond donors (Lipinski definition) is 4. The Hall–Kier alpha value is -2.44. The first-order chi connectivity index (χ1) is 16.8. The first-order valence-corrected chi connectivity index (χ1v) is 13.4. The van der Waals surface area contributed by atoms with Crippen molar-refractivity contribution in [1.82, 2.24) is 21.3 Å². The maximum atomic E-state index is 13.2. The quantitative estimate of drug-likeness (QED) is 0.413. The normalized spacial score (nSPS) is 30.2. The number of piperidine rings is 2. The summed E-state index contributed by atoms with van der Waals surface area (Å²) in [5.41, 5.74) is 2.69. The Morgan fingerprint density at radius 3 is 2.03 bits per heavy atom. The fourth-order valence-corrected chi connectivity index (χ4v) is 6.11. The van der Waals surface area contributed by atoms with E-state index in [4.69, 9.17) is 0 Å². The van der Waals surface area contributed by atoms with Crippen molar-refractivity contribution in [3.05, 3.63) is 59.3 Å². The lowest BCUT2D eigenvalue weighted by atomic mass is 9.86. The molecule has 6 nitrogen and oxygen atoms in total. The van der Waals surface area contributed by atoms with E-state index in [1.807, 2.05) is 43.4 Å². The van der Waals surface area contributed by atoms with Crippen molar-refractivity contribution in [2.45, 2.75) is 116 Å². The van der Waals surface area contributed by atoms with Gasteiger partial charge >= 0.3 is 0 Å². The fourth-order valence-electron chi connectivity index (χ4n) is 6.11. The molecule has 4 N–H and O–H groups in total. The molecule has 3 rings (SSSR count). The first kappa shape index (κ1) is 28.1. The van der Waals surface area contributed by atoms with E-state index in [1.165, 1.54) is 0 Å². The average Bonchev–Trinajstić information content (AvgIpc) is 2.92. The van der Waals surface area contributed by atoms with Crippen molar-refractivity contribution in [2.75, 3.05) is 0 Å². The van der Waals surface area contributed by atoms with Crippen molar-refractivity contribution in [2.24, 2.45) is 0 Å². The summed E-state index contributed by atoms with van der Waals surface area (Å²) in [4.78, 5) is 25.9. The summed E-state index contributed by atoms with van der Waals surface area (Å²) in [5, 5.41) is 13.6. The third-order valence-corrected chi connectivity index (χ3v) is 7.06. The number of amides is 2. The number of rotatable bonds is 6. The van der Waals surface area contributed by atoms with E-state index in [0.717, 1.165) is 36.8 Å². The van der Waals surface area contributed by atoms with E-state index in [9.17, 15) is 9.59 Å². The van der Waals surface area contributed by atoms with Crippen LogP contribution in [0.4, 0.5) is 0 Å². The van der Waals surface area contributed by atoms with Gasteiger partial charge in [-0.1, -0.05) is 24.3 Å². The minimum atomic E-state index is -0.0730. The molecule has 2 fully saturated rings. The molecule has 4 unspecified atom stereocenters. The van der Waals surface area contributed by atoms with E-state index in [0.29, 0.717) is 24.1 Å². The Bertz CT molecular complexity index is 983. The molecule has 3 aliphatic rings. The van der Waals surface area contributed by atoms with Gasteiger partial charge in [-0.25, -0.2) is 0 Å². The van der Waals surface area contributed by atoms with E-state index in [2.05, 4.69) is 62.8 Å². The molecule has 0 bridgehead atoms. The number of allylic oxidation sites excluding steroid dienone is 7. The van der Waals surface area contributed by atoms with Gasteiger partial charge in [-0.05, 0) is 104 Å². The number of hydrogen-bond acceptors (Lipinski definition) is 4. The Balaban J connectivity index is 1.67. The first-order valence-electron chi connectivity index (χ1n) is 13.4. The zero-order valence-corrected chi connectivity index (χ0v) is 23.2. The van der Waals surface area contributed by atoms with Crippen molar-refractivity contribution in [3.8, 4) is 0 Å². The fraction of sp³-hybridized carbons (Fsp3) is 0.600. The van der Waals surface area contributed by atoms with Crippen LogP contribution < -0.4 is 21.3 Å². The summed E-state index contributed by atoms with van der Waals surface area (Å²) in [7, 11) is 0. The van der Waals surface area contributed by atoms with Crippen LogP contribution in [-0.4, -0.2) is 47.1 Å². The summed E-state index contributed by atoms with van der Waals surface area (Å²) in [6.07, 6.45) is 17.6. The van der Waals surface area contributed by atoms with Gasteiger partial charge in [0, 0.05) is 46.9 Å². The molecule has 2 aliphatic heterocycles. The Labute approximate surface area is 217 Å². The van der Waals surface area contributed by atoms with E-state index in [-0.39, 0.29) is 35.0 Å². The Kier molecular flexibility index (Phi) is 9.18. The zero-order chi connectivity index (χ0) is 26.5. The highest BCUT2D eigenvalue weighted by atomic mass is 16.2.